The average molecular weight is 346 g/mol. The second-order valence-corrected chi connectivity index (χ2v) is 7.15. The summed E-state index contributed by atoms with van der Waals surface area (Å²) in [6.45, 7) is 2.99. The lowest BCUT2D eigenvalue weighted by molar-refractivity contribution is -0.125. The number of hydrogen-bond donors (Lipinski definition) is 1. The van der Waals surface area contributed by atoms with E-state index in [1.165, 1.54) is 10.6 Å². The number of aromatic nitrogens is 1. The summed E-state index contributed by atoms with van der Waals surface area (Å²) in [6, 6.07) is 7.42. The van der Waals surface area contributed by atoms with E-state index in [1.54, 1.807) is 18.4 Å². The number of carbonyl (C=O) groups is 1. The maximum Gasteiger partial charge on any atom is 0.223 e. The van der Waals surface area contributed by atoms with E-state index < -0.39 is 0 Å². The van der Waals surface area contributed by atoms with Crippen molar-refractivity contribution < 1.29 is 14.3 Å². The van der Waals surface area contributed by atoms with E-state index in [2.05, 4.69) is 10.3 Å². The maximum absolute atomic E-state index is 12.3. The van der Waals surface area contributed by atoms with Gasteiger partial charge in [0.15, 0.2) is 0 Å². The number of thiazole rings is 1. The van der Waals surface area contributed by atoms with Crippen LogP contribution in [0.15, 0.2) is 24.3 Å². The molecule has 1 N–H and O–H groups in total. The second kappa shape index (κ2) is 7.66. The largest absolute Gasteiger partial charge is 0.497 e. The molecule has 0 spiro atoms. The van der Waals surface area contributed by atoms with E-state index >= 15 is 0 Å². The molecule has 1 amide bonds. The Morgan fingerprint density at radius 1 is 1.33 bits per heavy atom. The molecule has 0 bridgehead atoms. The minimum atomic E-state index is 0.0540. The molecule has 6 heteroatoms. The average Bonchev–Trinajstić information content (AvgIpc) is 2.98. The van der Waals surface area contributed by atoms with Crippen molar-refractivity contribution in [3.05, 3.63) is 39.8 Å². The van der Waals surface area contributed by atoms with Gasteiger partial charge >= 0.3 is 0 Å². The molecule has 5 nitrogen and oxygen atoms in total. The fourth-order valence-corrected chi connectivity index (χ4v) is 3.95. The summed E-state index contributed by atoms with van der Waals surface area (Å²) in [5, 5.41) is 4.07. The summed E-state index contributed by atoms with van der Waals surface area (Å²) in [5.74, 6) is 1.74. The smallest absolute Gasteiger partial charge is 0.223 e. The Bertz CT molecular complexity index is 697. The fourth-order valence-electron chi connectivity index (χ4n) is 2.89. The van der Waals surface area contributed by atoms with Gasteiger partial charge in [0.1, 0.15) is 18.1 Å². The Kier molecular flexibility index (Phi) is 5.35. The molecule has 0 fully saturated rings. The van der Waals surface area contributed by atoms with Crippen LogP contribution in [0.25, 0.3) is 0 Å². The van der Waals surface area contributed by atoms with Gasteiger partial charge in [0.2, 0.25) is 5.91 Å². The lowest BCUT2D eigenvalue weighted by Gasteiger charge is -2.20. The highest BCUT2D eigenvalue weighted by Crippen LogP contribution is 2.29. The first kappa shape index (κ1) is 16.8. The zero-order chi connectivity index (χ0) is 16.9. The molecule has 128 valence electrons. The Labute approximate surface area is 146 Å². The third-order valence-corrected chi connectivity index (χ3v) is 5.18. The number of hydrogen-bond acceptors (Lipinski definition) is 5. The van der Waals surface area contributed by atoms with Crippen molar-refractivity contribution in [3.63, 3.8) is 0 Å². The molecule has 1 aliphatic carbocycles. The fraction of sp³-hybridized carbons (Fsp3) is 0.444. The standard InChI is InChI=1S/C18H22N2O3S/c1-12-20-16-8-3-13(11-17(16)24-12)18(21)19-9-10-23-15-6-4-14(22-2)5-7-15/h4-7,13H,3,8-11H2,1-2H3,(H,19,21). The molecule has 24 heavy (non-hydrogen) atoms. The van der Waals surface area contributed by atoms with Crippen LogP contribution in [0.4, 0.5) is 0 Å². The van der Waals surface area contributed by atoms with Crippen molar-refractivity contribution >= 4 is 17.2 Å². The van der Waals surface area contributed by atoms with Crippen LogP contribution in [0.3, 0.4) is 0 Å². The van der Waals surface area contributed by atoms with E-state index in [9.17, 15) is 4.79 Å². The van der Waals surface area contributed by atoms with Crippen LogP contribution >= 0.6 is 11.3 Å². The number of methoxy groups -OCH3 is 1. The first-order valence-electron chi connectivity index (χ1n) is 8.15. The van der Waals surface area contributed by atoms with Crippen LogP contribution in [0.2, 0.25) is 0 Å². The van der Waals surface area contributed by atoms with Gasteiger partial charge in [-0.1, -0.05) is 0 Å². The number of nitrogens with one attached hydrogen (secondary N) is 1. The first-order chi connectivity index (χ1) is 11.7. The normalized spacial score (nSPS) is 16.3. The Hall–Kier alpha value is -2.08. The quantitative estimate of drug-likeness (QED) is 0.817. The number of aryl methyl sites for hydroxylation is 2. The van der Waals surface area contributed by atoms with Crippen molar-refractivity contribution in [1.29, 1.82) is 0 Å². The summed E-state index contributed by atoms with van der Waals surface area (Å²) in [6.07, 6.45) is 2.59. The van der Waals surface area contributed by atoms with Crippen molar-refractivity contribution in [3.8, 4) is 11.5 Å². The Balaban J connectivity index is 1.41. The highest BCUT2D eigenvalue weighted by Gasteiger charge is 2.26. The molecule has 2 aromatic rings. The number of rotatable bonds is 6. The molecule has 0 saturated heterocycles. The molecule has 3 rings (SSSR count). The predicted molar refractivity (Wildman–Crippen MR) is 93.9 cm³/mol. The number of carbonyl (C=O) groups excluding carboxylic acids is 1. The van der Waals surface area contributed by atoms with Gasteiger partial charge in [0.25, 0.3) is 0 Å². The minimum absolute atomic E-state index is 0.0540. The topological polar surface area (TPSA) is 60.5 Å². The van der Waals surface area contributed by atoms with Gasteiger partial charge in [0, 0.05) is 10.8 Å². The lowest BCUT2D eigenvalue weighted by atomic mass is 9.90. The predicted octanol–water partition coefficient (Wildman–Crippen LogP) is 2.76. The van der Waals surface area contributed by atoms with Gasteiger partial charge in [-0.2, -0.15) is 0 Å². The molecular weight excluding hydrogens is 324 g/mol. The number of benzene rings is 1. The molecule has 1 aromatic heterocycles. The van der Waals surface area contributed by atoms with Crippen LogP contribution in [-0.2, 0) is 17.6 Å². The third-order valence-electron chi connectivity index (χ3n) is 4.15. The minimum Gasteiger partial charge on any atom is -0.497 e. The van der Waals surface area contributed by atoms with Crippen molar-refractivity contribution in [2.24, 2.45) is 5.92 Å². The molecule has 1 aromatic carbocycles. The monoisotopic (exact) mass is 346 g/mol. The third kappa shape index (κ3) is 4.06. The Morgan fingerprint density at radius 3 is 2.83 bits per heavy atom. The molecule has 1 atom stereocenters. The first-order valence-corrected chi connectivity index (χ1v) is 8.97. The summed E-state index contributed by atoms with van der Waals surface area (Å²) in [4.78, 5) is 18.1. The van der Waals surface area contributed by atoms with Crippen molar-refractivity contribution in [2.75, 3.05) is 20.3 Å². The van der Waals surface area contributed by atoms with Crippen LogP contribution in [0.5, 0.6) is 11.5 Å². The number of ether oxygens (including phenoxy) is 2. The van der Waals surface area contributed by atoms with Crippen LogP contribution < -0.4 is 14.8 Å². The molecule has 1 unspecified atom stereocenters. The van der Waals surface area contributed by atoms with Crippen LogP contribution in [0.1, 0.15) is 22.0 Å². The Morgan fingerprint density at radius 2 is 2.08 bits per heavy atom. The summed E-state index contributed by atoms with van der Waals surface area (Å²) < 4.78 is 10.7. The molecule has 0 aliphatic heterocycles. The van der Waals surface area contributed by atoms with Gasteiger partial charge in [0.05, 0.1) is 24.4 Å². The van der Waals surface area contributed by atoms with Gasteiger partial charge in [-0.05, 0) is 50.5 Å². The number of amides is 1. The van der Waals surface area contributed by atoms with Gasteiger partial charge in [-0.3, -0.25) is 4.79 Å². The van der Waals surface area contributed by atoms with E-state index in [0.29, 0.717) is 13.2 Å². The van der Waals surface area contributed by atoms with Crippen LogP contribution in [0, 0.1) is 12.8 Å². The highest BCUT2D eigenvalue weighted by molar-refractivity contribution is 7.11. The molecular formula is C18H22N2O3S. The van der Waals surface area contributed by atoms with E-state index in [4.69, 9.17) is 9.47 Å². The summed E-state index contributed by atoms with van der Waals surface area (Å²) in [5.41, 5.74) is 1.18. The molecule has 1 heterocycles. The summed E-state index contributed by atoms with van der Waals surface area (Å²) >= 11 is 1.71. The molecule has 0 saturated carbocycles. The zero-order valence-electron chi connectivity index (χ0n) is 14.0. The lowest BCUT2D eigenvalue weighted by Crippen LogP contribution is -2.36. The number of fused-ring (bicyclic) bond motifs is 1. The second-order valence-electron chi connectivity index (χ2n) is 5.86. The van der Waals surface area contributed by atoms with Crippen molar-refractivity contribution in [2.45, 2.75) is 26.2 Å². The van der Waals surface area contributed by atoms with Crippen molar-refractivity contribution in [1.82, 2.24) is 10.3 Å². The maximum atomic E-state index is 12.3. The zero-order valence-corrected chi connectivity index (χ0v) is 14.8. The van der Waals surface area contributed by atoms with E-state index in [1.807, 2.05) is 31.2 Å². The SMILES string of the molecule is COc1ccc(OCCNC(=O)C2CCc3nc(C)sc3C2)cc1. The van der Waals surface area contributed by atoms with Gasteiger partial charge in [-0.25, -0.2) is 4.98 Å². The summed E-state index contributed by atoms with van der Waals surface area (Å²) in [7, 11) is 1.63. The molecule has 0 radical (unpaired) electrons. The van der Waals surface area contributed by atoms with Crippen LogP contribution in [-0.4, -0.2) is 31.2 Å². The van der Waals surface area contributed by atoms with E-state index in [0.717, 1.165) is 35.8 Å². The molecule has 1 aliphatic rings. The van der Waals surface area contributed by atoms with Gasteiger partial charge < -0.3 is 14.8 Å². The highest BCUT2D eigenvalue weighted by atomic mass is 32.1. The van der Waals surface area contributed by atoms with Gasteiger partial charge in [-0.15, -0.1) is 11.3 Å². The number of nitrogens with zero attached hydrogens (tertiary/aromatic N) is 1. The van der Waals surface area contributed by atoms with E-state index in [-0.39, 0.29) is 11.8 Å².